The van der Waals surface area contributed by atoms with E-state index in [1.165, 1.54) is 89.9 Å². The van der Waals surface area contributed by atoms with E-state index in [4.69, 9.17) is 18.9 Å². The molecule has 9 nitrogen and oxygen atoms in total. The quantitative estimate of drug-likeness (QED) is 0.0211. The predicted octanol–water partition coefficient (Wildman–Crippen LogP) is 15.0. The molecule has 0 aromatic heterocycles. The molecule has 2 unspecified atom stereocenters. The van der Waals surface area contributed by atoms with Gasteiger partial charge in [-0.2, -0.15) is 0 Å². The third-order valence-electron chi connectivity index (χ3n) is 10.8. The Labute approximate surface area is 410 Å². The molecule has 0 bridgehead atoms. The Bertz CT molecular complexity index is 1420. The van der Waals surface area contributed by atoms with Crippen LogP contribution in [0.4, 0.5) is 0 Å². The van der Waals surface area contributed by atoms with Crippen molar-refractivity contribution in [2.75, 3.05) is 47.5 Å². The first kappa shape index (κ1) is 63.2. The average Bonchev–Trinajstić information content (AvgIpc) is 3.29. The zero-order chi connectivity index (χ0) is 49.2. The van der Waals surface area contributed by atoms with Gasteiger partial charge in [0.25, 0.3) is 6.29 Å². The van der Waals surface area contributed by atoms with Crippen molar-refractivity contribution in [2.24, 2.45) is 0 Å². The predicted molar refractivity (Wildman–Crippen MR) is 281 cm³/mol. The Kier molecular flexibility index (Phi) is 45.9. The topological polar surface area (TPSA) is 108 Å². The number of carboxylic acids is 1. The van der Waals surface area contributed by atoms with Gasteiger partial charge in [0.1, 0.15) is 13.2 Å². The van der Waals surface area contributed by atoms with Crippen molar-refractivity contribution >= 4 is 17.9 Å². The minimum absolute atomic E-state index is 0.171. The maximum absolute atomic E-state index is 12.8. The van der Waals surface area contributed by atoms with Crippen LogP contribution in [0.5, 0.6) is 0 Å². The highest BCUT2D eigenvalue weighted by atomic mass is 16.7. The van der Waals surface area contributed by atoms with E-state index in [2.05, 4.69) is 111 Å². The Morgan fingerprint density at radius 2 is 0.866 bits per heavy atom. The highest BCUT2D eigenvalue weighted by Crippen LogP contribution is 2.14. The van der Waals surface area contributed by atoms with Crippen LogP contribution in [0.15, 0.2) is 97.2 Å². The summed E-state index contributed by atoms with van der Waals surface area (Å²) >= 11 is 0. The molecule has 0 spiro atoms. The summed E-state index contributed by atoms with van der Waals surface area (Å²) in [5.74, 6) is -2.10. The second kappa shape index (κ2) is 48.7. The van der Waals surface area contributed by atoms with Crippen molar-refractivity contribution < 1.29 is 42.9 Å². The van der Waals surface area contributed by atoms with E-state index in [9.17, 15) is 19.5 Å². The lowest BCUT2D eigenvalue weighted by atomic mass is 10.1. The van der Waals surface area contributed by atoms with Gasteiger partial charge in [-0.15, -0.1) is 0 Å². The molecule has 1 N–H and O–H groups in total. The van der Waals surface area contributed by atoms with Crippen LogP contribution in [0.3, 0.4) is 0 Å². The standard InChI is InChI=1S/C58H97NO8/c1-6-8-10-12-14-16-18-20-22-24-26-27-28-29-31-33-35-37-39-41-43-45-47-49-56(61)67-54(53-66-58(57(62)63)64-51-50-59(3,4)5)52-65-55(60)48-46-44-42-40-38-36-34-32-30-25-23-21-19-17-15-13-11-9-7-2/h8,10,14,16,20-23,26-27,29,31,35,37,41,43,54,58H,6-7,9,11-13,15,17-19,24-25,28,30,32-34,36,38-40,42,44-53H2,1-5H3/p+1/b10-8-,16-14-,22-20-,23-21-,27-26-,31-29-,37-35-,43-41-. The first-order valence-corrected chi connectivity index (χ1v) is 26.4. The normalized spacial score (nSPS) is 13.6. The van der Waals surface area contributed by atoms with Gasteiger partial charge in [-0.3, -0.25) is 9.59 Å². The van der Waals surface area contributed by atoms with Gasteiger partial charge >= 0.3 is 17.9 Å². The number of quaternary nitrogens is 1. The van der Waals surface area contributed by atoms with Crippen molar-refractivity contribution in [1.29, 1.82) is 0 Å². The fraction of sp³-hybridized carbons (Fsp3) is 0.672. The van der Waals surface area contributed by atoms with Gasteiger partial charge in [0.15, 0.2) is 6.10 Å². The molecule has 0 aliphatic rings. The minimum Gasteiger partial charge on any atom is -0.477 e. The second-order valence-electron chi connectivity index (χ2n) is 18.4. The van der Waals surface area contributed by atoms with Gasteiger partial charge < -0.3 is 28.5 Å². The molecule has 0 aliphatic carbocycles. The summed E-state index contributed by atoms with van der Waals surface area (Å²) in [6.07, 6.45) is 61.9. The number of nitrogens with zero attached hydrogens (tertiary/aromatic N) is 1. The number of hydrogen-bond donors (Lipinski definition) is 1. The summed E-state index contributed by atoms with van der Waals surface area (Å²) in [6, 6.07) is 0. The molecule has 0 rings (SSSR count). The molecule has 0 saturated heterocycles. The maximum Gasteiger partial charge on any atom is 0.361 e. The number of hydrogen-bond acceptors (Lipinski definition) is 7. The number of carbonyl (C=O) groups is 3. The number of allylic oxidation sites excluding steroid dienone is 16. The van der Waals surface area contributed by atoms with Crippen molar-refractivity contribution in [3.8, 4) is 0 Å². The van der Waals surface area contributed by atoms with E-state index in [0.717, 1.165) is 64.2 Å². The number of rotatable bonds is 47. The van der Waals surface area contributed by atoms with Gasteiger partial charge in [-0.25, -0.2) is 4.79 Å². The molecular formula is C58H98NO8+. The van der Waals surface area contributed by atoms with E-state index in [1.807, 2.05) is 21.1 Å². The van der Waals surface area contributed by atoms with Crippen LogP contribution >= 0.6 is 0 Å². The number of aliphatic carboxylic acids is 1. The van der Waals surface area contributed by atoms with Crippen molar-refractivity contribution in [2.45, 2.75) is 206 Å². The summed E-state index contributed by atoms with van der Waals surface area (Å²) in [4.78, 5) is 37.3. The molecule has 67 heavy (non-hydrogen) atoms. The molecule has 0 aliphatic heterocycles. The van der Waals surface area contributed by atoms with Gasteiger partial charge in [0.2, 0.25) is 0 Å². The Hall–Kier alpha value is -3.79. The fourth-order valence-corrected chi connectivity index (χ4v) is 6.76. The zero-order valence-electron chi connectivity index (χ0n) is 43.3. The fourth-order valence-electron chi connectivity index (χ4n) is 6.76. The number of ether oxygens (including phenoxy) is 4. The smallest absolute Gasteiger partial charge is 0.361 e. The van der Waals surface area contributed by atoms with Crippen LogP contribution in [-0.4, -0.2) is 87.4 Å². The van der Waals surface area contributed by atoms with E-state index in [-0.39, 0.29) is 38.6 Å². The van der Waals surface area contributed by atoms with Gasteiger partial charge in [0, 0.05) is 12.8 Å². The van der Waals surface area contributed by atoms with Crippen LogP contribution in [0.25, 0.3) is 0 Å². The third kappa shape index (κ3) is 49.9. The van der Waals surface area contributed by atoms with Gasteiger partial charge in [-0.1, -0.05) is 188 Å². The number of unbranched alkanes of at least 4 members (excludes halogenated alkanes) is 16. The Balaban J connectivity index is 4.46. The zero-order valence-corrected chi connectivity index (χ0v) is 43.3. The summed E-state index contributed by atoms with van der Waals surface area (Å²) in [5.41, 5.74) is 0. The van der Waals surface area contributed by atoms with Crippen LogP contribution in [0, 0.1) is 0 Å². The van der Waals surface area contributed by atoms with Crippen LogP contribution in [-0.2, 0) is 33.3 Å². The maximum atomic E-state index is 12.8. The number of likely N-dealkylation sites (N-methyl/N-ethyl adjacent to an activating group) is 1. The lowest BCUT2D eigenvalue weighted by Crippen LogP contribution is -2.40. The summed E-state index contributed by atoms with van der Waals surface area (Å²) in [6.45, 7) is 4.68. The first-order chi connectivity index (χ1) is 32.6. The molecule has 0 heterocycles. The van der Waals surface area contributed by atoms with E-state index < -0.39 is 24.3 Å². The number of carbonyl (C=O) groups excluding carboxylic acids is 2. The molecule has 0 radical (unpaired) electrons. The number of carboxylic acid groups (broad SMARTS) is 1. The highest BCUT2D eigenvalue weighted by Gasteiger charge is 2.25. The monoisotopic (exact) mass is 937 g/mol. The Morgan fingerprint density at radius 1 is 0.463 bits per heavy atom. The third-order valence-corrected chi connectivity index (χ3v) is 10.8. The summed E-state index contributed by atoms with van der Waals surface area (Å²) in [7, 11) is 5.94. The molecule has 0 fully saturated rings. The molecule has 0 saturated carbocycles. The Morgan fingerprint density at radius 3 is 1.33 bits per heavy atom. The van der Waals surface area contributed by atoms with E-state index in [0.29, 0.717) is 23.9 Å². The molecule has 0 amide bonds. The summed E-state index contributed by atoms with van der Waals surface area (Å²) in [5, 5.41) is 9.68. The van der Waals surface area contributed by atoms with Crippen LogP contribution in [0.1, 0.15) is 194 Å². The molecule has 382 valence electrons. The van der Waals surface area contributed by atoms with Crippen molar-refractivity contribution in [3.63, 3.8) is 0 Å². The molecule has 9 heteroatoms. The number of esters is 2. The first-order valence-electron chi connectivity index (χ1n) is 26.4. The molecule has 0 aromatic rings. The van der Waals surface area contributed by atoms with Crippen LogP contribution in [0.2, 0.25) is 0 Å². The minimum atomic E-state index is -1.53. The van der Waals surface area contributed by atoms with Crippen molar-refractivity contribution in [1.82, 2.24) is 0 Å². The highest BCUT2D eigenvalue weighted by molar-refractivity contribution is 5.71. The average molecular weight is 937 g/mol. The van der Waals surface area contributed by atoms with Crippen LogP contribution < -0.4 is 0 Å². The SMILES string of the molecule is CC/C=C\C/C=C\C/C=C\C/C=C\C/C=C\C/C=C\C/C=C\CCCC(=O)OC(COC(=O)CCCCCCCCCCC/C=C\CCCCCCCC)COC(OCC[N+](C)(C)C)C(=O)O. The van der Waals surface area contributed by atoms with Gasteiger partial charge in [0.05, 0.1) is 34.4 Å². The second-order valence-corrected chi connectivity index (χ2v) is 18.4. The lowest BCUT2D eigenvalue weighted by Gasteiger charge is -2.25. The molecular weight excluding hydrogens is 839 g/mol. The molecule has 0 aromatic carbocycles. The van der Waals surface area contributed by atoms with E-state index in [1.54, 1.807) is 0 Å². The largest absolute Gasteiger partial charge is 0.477 e. The summed E-state index contributed by atoms with van der Waals surface area (Å²) < 4.78 is 22.7. The molecule has 2 atom stereocenters. The lowest BCUT2D eigenvalue weighted by molar-refractivity contribution is -0.870. The van der Waals surface area contributed by atoms with E-state index >= 15 is 0 Å². The van der Waals surface area contributed by atoms with Gasteiger partial charge in [-0.05, 0) is 89.9 Å². The van der Waals surface area contributed by atoms with Crippen molar-refractivity contribution in [3.05, 3.63) is 97.2 Å².